The lowest BCUT2D eigenvalue weighted by Gasteiger charge is -2.18. The molecule has 1 rings (SSSR count). The van der Waals surface area contributed by atoms with Crippen LogP contribution in [0.1, 0.15) is 17.3 Å². The number of carbonyl (C=O) groups excluding carboxylic acids is 1. The van der Waals surface area contributed by atoms with E-state index in [1.807, 2.05) is 0 Å². The second kappa shape index (κ2) is 6.14. The van der Waals surface area contributed by atoms with Crippen molar-refractivity contribution in [2.45, 2.75) is 13.0 Å². The molecular formula is C12H16N2O5. The largest absolute Gasteiger partial charge is 0.490 e. The number of nitro benzene ring substituents is 1. The van der Waals surface area contributed by atoms with Gasteiger partial charge in [0.2, 0.25) is 0 Å². The van der Waals surface area contributed by atoms with Crippen LogP contribution in [-0.4, -0.2) is 47.6 Å². The lowest BCUT2D eigenvalue weighted by molar-refractivity contribution is -0.385. The second-order valence-electron chi connectivity index (χ2n) is 4.18. The smallest absolute Gasteiger partial charge is 0.311 e. The Morgan fingerprint density at radius 1 is 1.58 bits per heavy atom. The number of ether oxygens (including phenoxy) is 1. The van der Waals surface area contributed by atoms with Crippen LogP contribution < -0.4 is 4.74 Å². The normalized spacial score (nSPS) is 11.8. The standard InChI is InChI=1S/C12H16N2O5/c1-8(15)7-13(2)12(16)9-4-5-11(19-3)10(6-9)14(17)18/h4-6,8,15H,7H2,1-3H3. The minimum absolute atomic E-state index is 0.0970. The number of benzene rings is 1. The van der Waals surface area contributed by atoms with Crippen molar-refractivity contribution in [1.82, 2.24) is 4.90 Å². The van der Waals surface area contributed by atoms with Crippen LogP contribution in [0, 0.1) is 10.1 Å². The fraction of sp³-hybridized carbons (Fsp3) is 0.417. The molecular weight excluding hydrogens is 252 g/mol. The number of nitro groups is 1. The van der Waals surface area contributed by atoms with Crippen LogP contribution >= 0.6 is 0 Å². The van der Waals surface area contributed by atoms with Crippen LogP contribution in [0.4, 0.5) is 5.69 Å². The number of aliphatic hydroxyl groups excluding tert-OH is 1. The van der Waals surface area contributed by atoms with Gasteiger partial charge in [-0.05, 0) is 19.1 Å². The predicted molar refractivity (Wildman–Crippen MR) is 68.3 cm³/mol. The molecule has 0 spiro atoms. The molecule has 0 aliphatic carbocycles. The third kappa shape index (κ3) is 3.65. The Balaban J connectivity index is 3.05. The van der Waals surface area contributed by atoms with Crippen molar-refractivity contribution in [1.29, 1.82) is 0 Å². The fourth-order valence-electron chi connectivity index (χ4n) is 1.67. The molecule has 0 aliphatic heterocycles. The summed E-state index contributed by atoms with van der Waals surface area (Å²) in [4.78, 5) is 23.6. The molecule has 0 bridgehead atoms. The molecule has 0 aliphatic rings. The first-order valence-electron chi connectivity index (χ1n) is 5.62. The molecule has 1 aromatic carbocycles. The van der Waals surface area contributed by atoms with Crippen molar-refractivity contribution in [2.75, 3.05) is 20.7 Å². The summed E-state index contributed by atoms with van der Waals surface area (Å²) in [6, 6.07) is 3.99. The van der Waals surface area contributed by atoms with Gasteiger partial charge in [-0.15, -0.1) is 0 Å². The number of amides is 1. The van der Waals surface area contributed by atoms with Crippen molar-refractivity contribution < 1.29 is 19.6 Å². The number of hydrogen-bond donors (Lipinski definition) is 1. The molecule has 1 unspecified atom stereocenters. The Bertz CT molecular complexity index is 487. The topological polar surface area (TPSA) is 92.9 Å². The summed E-state index contributed by atoms with van der Waals surface area (Å²) < 4.78 is 4.86. The van der Waals surface area contributed by atoms with Gasteiger partial charge in [-0.3, -0.25) is 14.9 Å². The van der Waals surface area contributed by atoms with Crippen LogP contribution in [0.25, 0.3) is 0 Å². The fourth-order valence-corrected chi connectivity index (χ4v) is 1.67. The predicted octanol–water partition coefficient (Wildman–Crippen LogP) is 1.06. The van der Waals surface area contributed by atoms with Gasteiger partial charge in [0.25, 0.3) is 5.91 Å². The van der Waals surface area contributed by atoms with Crippen LogP contribution in [0.3, 0.4) is 0 Å². The summed E-state index contributed by atoms with van der Waals surface area (Å²) in [6.07, 6.45) is -0.665. The minimum Gasteiger partial charge on any atom is -0.490 e. The molecule has 0 saturated carbocycles. The maximum Gasteiger partial charge on any atom is 0.311 e. The highest BCUT2D eigenvalue weighted by Gasteiger charge is 2.20. The molecule has 1 amide bonds. The highest BCUT2D eigenvalue weighted by atomic mass is 16.6. The Morgan fingerprint density at radius 2 is 2.21 bits per heavy atom. The average Bonchev–Trinajstić information content (AvgIpc) is 2.36. The zero-order valence-corrected chi connectivity index (χ0v) is 11.0. The molecule has 7 heteroatoms. The van der Waals surface area contributed by atoms with Crippen LogP contribution in [-0.2, 0) is 0 Å². The van der Waals surface area contributed by atoms with Crippen molar-refractivity contribution >= 4 is 11.6 Å². The zero-order chi connectivity index (χ0) is 14.6. The average molecular weight is 268 g/mol. The second-order valence-corrected chi connectivity index (χ2v) is 4.18. The van der Waals surface area contributed by atoms with E-state index in [0.717, 1.165) is 0 Å². The minimum atomic E-state index is -0.665. The number of aliphatic hydroxyl groups is 1. The van der Waals surface area contributed by atoms with E-state index in [2.05, 4.69) is 0 Å². The van der Waals surface area contributed by atoms with Gasteiger partial charge in [0, 0.05) is 25.2 Å². The quantitative estimate of drug-likeness (QED) is 0.636. The third-order valence-corrected chi connectivity index (χ3v) is 2.51. The Hall–Kier alpha value is -2.15. The van der Waals surface area contributed by atoms with Gasteiger partial charge in [0.05, 0.1) is 18.1 Å². The molecule has 104 valence electrons. The monoisotopic (exact) mass is 268 g/mol. The molecule has 0 radical (unpaired) electrons. The lowest BCUT2D eigenvalue weighted by atomic mass is 10.1. The molecule has 0 aromatic heterocycles. The maximum atomic E-state index is 12.0. The van der Waals surface area contributed by atoms with E-state index in [4.69, 9.17) is 4.74 Å². The van der Waals surface area contributed by atoms with Gasteiger partial charge in [0.15, 0.2) is 5.75 Å². The summed E-state index contributed by atoms with van der Waals surface area (Å²) in [5.41, 5.74) is -0.0885. The number of likely N-dealkylation sites (N-methyl/N-ethyl adjacent to an activating group) is 1. The van der Waals surface area contributed by atoms with Crippen molar-refractivity contribution in [2.24, 2.45) is 0 Å². The summed E-state index contributed by atoms with van der Waals surface area (Å²) in [6.45, 7) is 1.71. The number of methoxy groups -OCH3 is 1. The highest BCUT2D eigenvalue weighted by molar-refractivity contribution is 5.95. The first-order chi connectivity index (χ1) is 8.86. The molecule has 0 heterocycles. The van der Waals surface area contributed by atoms with E-state index >= 15 is 0 Å². The molecule has 1 atom stereocenters. The van der Waals surface area contributed by atoms with Gasteiger partial charge in [-0.1, -0.05) is 0 Å². The molecule has 0 fully saturated rings. The Labute approximate surface area is 110 Å². The number of carbonyl (C=O) groups is 1. The van der Waals surface area contributed by atoms with Crippen LogP contribution in [0.2, 0.25) is 0 Å². The van der Waals surface area contributed by atoms with Crippen molar-refractivity contribution in [3.05, 3.63) is 33.9 Å². The number of nitrogens with zero attached hydrogens (tertiary/aromatic N) is 2. The van der Waals surface area contributed by atoms with Gasteiger partial charge in [-0.25, -0.2) is 0 Å². The van der Waals surface area contributed by atoms with Gasteiger partial charge >= 0.3 is 5.69 Å². The van der Waals surface area contributed by atoms with Gasteiger partial charge < -0.3 is 14.7 Å². The summed E-state index contributed by atoms with van der Waals surface area (Å²) in [5.74, 6) is -0.300. The molecule has 7 nitrogen and oxygen atoms in total. The van der Waals surface area contributed by atoms with Crippen molar-refractivity contribution in [3.63, 3.8) is 0 Å². The van der Waals surface area contributed by atoms with Gasteiger partial charge in [0.1, 0.15) is 0 Å². The van der Waals surface area contributed by atoms with Crippen LogP contribution in [0.5, 0.6) is 5.75 Å². The summed E-state index contributed by atoms with van der Waals surface area (Å²) in [7, 11) is 2.84. The van der Waals surface area contributed by atoms with E-state index in [0.29, 0.717) is 0 Å². The first-order valence-corrected chi connectivity index (χ1v) is 5.62. The third-order valence-electron chi connectivity index (χ3n) is 2.51. The maximum absolute atomic E-state index is 12.0. The highest BCUT2D eigenvalue weighted by Crippen LogP contribution is 2.27. The van der Waals surface area contributed by atoms with Crippen molar-refractivity contribution in [3.8, 4) is 5.75 Å². The summed E-state index contributed by atoms with van der Waals surface area (Å²) >= 11 is 0. The summed E-state index contributed by atoms with van der Waals surface area (Å²) in [5, 5.41) is 20.1. The molecule has 1 N–H and O–H groups in total. The molecule has 19 heavy (non-hydrogen) atoms. The molecule has 1 aromatic rings. The van der Waals surface area contributed by atoms with E-state index in [9.17, 15) is 20.0 Å². The first kappa shape index (κ1) is 14.9. The van der Waals surface area contributed by atoms with E-state index in [1.165, 1.54) is 37.3 Å². The van der Waals surface area contributed by atoms with E-state index in [1.54, 1.807) is 6.92 Å². The Morgan fingerprint density at radius 3 is 2.68 bits per heavy atom. The SMILES string of the molecule is COc1ccc(C(=O)N(C)CC(C)O)cc1[N+](=O)[O-]. The molecule has 0 saturated heterocycles. The van der Waals surface area contributed by atoms with E-state index in [-0.39, 0.29) is 23.5 Å². The van der Waals surface area contributed by atoms with Gasteiger partial charge in [-0.2, -0.15) is 0 Å². The lowest BCUT2D eigenvalue weighted by Crippen LogP contribution is -2.33. The zero-order valence-electron chi connectivity index (χ0n) is 11.0. The number of rotatable bonds is 5. The van der Waals surface area contributed by atoms with E-state index < -0.39 is 16.9 Å². The Kier molecular flexibility index (Phi) is 4.82. The van der Waals surface area contributed by atoms with Crippen LogP contribution in [0.15, 0.2) is 18.2 Å². The number of hydrogen-bond acceptors (Lipinski definition) is 5.